The van der Waals surface area contributed by atoms with Gasteiger partial charge in [-0.1, -0.05) is 44.7 Å². The first-order valence-corrected chi connectivity index (χ1v) is 9.53. The zero-order chi connectivity index (χ0) is 19.3. The van der Waals surface area contributed by atoms with Gasteiger partial charge in [0.1, 0.15) is 23.7 Å². The number of carbonyl (C=O) groups is 1. The van der Waals surface area contributed by atoms with E-state index in [9.17, 15) is 4.79 Å². The van der Waals surface area contributed by atoms with E-state index in [2.05, 4.69) is 25.7 Å². The highest BCUT2D eigenvalue weighted by Crippen LogP contribution is 2.42. The third-order valence-corrected chi connectivity index (χ3v) is 5.28. The van der Waals surface area contributed by atoms with Gasteiger partial charge in [0.25, 0.3) is 5.91 Å². The number of nitrogens with one attached hydrogen (secondary N) is 1. The summed E-state index contributed by atoms with van der Waals surface area (Å²) in [5.41, 5.74) is 1.41. The topological polar surface area (TPSA) is 47.6 Å². The summed E-state index contributed by atoms with van der Waals surface area (Å²) in [6.45, 7) is 8.35. The van der Waals surface area contributed by atoms with E-state index in [1.54, 1.807) is 30.3 Å². The predicted octanol–water partition coefficient (Wildman–Crippen LogP) is 5.06. The second kappa shape index (κ2) is 8.30. The van der Waals surface area contributed by atoms with Gasteiger partial charge in [-0.3, -0.25) is 4.79 Å². The first-order chi connectivity index (χ1) is 13.1. The minimum Gasteiger partial charge on any atom is -0.490 e. The average Bonchev–Trinajstić information content (AvgIpc) is 2.72. The molecule has 2 aromatic rings. The Bertz CT molecular complexity index is 794. The number of para-hydroxylation sites is 1. The number of hydrogen-bond acceptors (Lipinski definition) is 3. The van der Waals surface area contributed by atoms with Crippen molar-refractivity contribution in [3.05, 3.63) is 72.3 Å². The van der Waals surface area contributed by atoms with Gasteiger partial charge < -0.3 is 14.8 Å². The van der Waals surface area contributed by atoms with E-state index in [1.165, 1.54) is 0 Å². The monoisotopic (exact) mass is 365 g/mol. The van der Waals surface area contributed by atoms with Gasteiger partial charge >= 0.3 is 0 Å². The van der Waals surface area contributed by atoms with Crippen LogP contribution in [0.4, 0.5) is 0 Å². The van der Waals surface area contributed by atoms with Crippen molar-refractivity contribution in [3.8, 4) is 11.5 Å². The molecule has 1 N–H and O–H groups in total. The lowest BCUT2D eigenvalue weighted by Crippen LogP contribution is -2.44. The Morgan fingerprint density at radius 3 is 2.59 bits per heavy atom. The molecule has 0 unspecified atom stereocenters. The van der Waals surface area contributed by atoms with Crippen molar-refractivity contribution in [1.29, 1.82) is 0 Å². The molecule has 1 amide bonds. The summed E-state index contributed by atoms with van der Waals surface area (Å²) in [4.78, 5) is 12.8. The number of ether oxygens (including phenoxy) is 2. The zero-order valence-corrected chi connectivity index (χ0v) is 16.0. The lowest BCUT2D eigenvalue weighted by atomic mass is 9.83. The van der Waals surface area contributed by atoms with Crippen LogP contribution in [0.1, 0.15) is 55.1 Å². The molecule has 1 atom stereocenters. The molecule has 1 heterocycles. The number of rotatable bonds is 7. The van der Waals surface area contributed by atoms with Crippen molar-refractivity contribution < 1.29 is 14.3 Å². The van der Waals surface area contributed by atoms with E-state index >= 15 is 0 Å². The second-order valence-corrected chi connectivity index (χ2v) is 6.88. The van der Waals surface area contributed by atoms with Crippen LogP contribution in [-0.2, 0) is 0 Å². The molecular formula is C23H27NO3. The molecule has 142 valence electrons. The maximum atomic E-state index is 12.8. The Balaban J connectivity index is 1.79. The fourth-order valence-electron chi connectivity index (χ4n) is 3.53. The summed E-state index contributed by atoms with van der Waals surface area (Å²) in [6.07, 6.45) is 4.26. The molecule has 3 rings (SSSR count). The van der Waals surface area contributed by atoms with Gasteiger partial charge in [-0.2, -0.15) is 0 Å². The van der Waals surface area contributed by atoms with E-state index in [4.69, 9.17) is 9.47 Å². The number of carbonyl (C=O) groups excluding carboxylic acids is 1. The van der Waals surface area contributed by atoms with Crippen LogP contribution in [0, 0.1) is 0 Å². The van der Waals surface area contributed by atoms with Gasteiger partial charge in [-0.15, -0.1) is 0 Å². The van der Waals surface area contributed by atoms with Gasteiger partial charge in [0.15, 0.2) is 0 Å². The Morgan fingerprint density at radius 1 is 1.22 bits per heavy atom. The molecule has 1 aliphatic heterocycles. The Labute approximate surface area is 161 Å². The van der Waals surface area contributed by atoms with Gasteiger partial charge in [0.2, 0.25) is 0 Å². The maximum absolute atomic E-state index is 12.8. The van der Waals surface area contributed by atoms with Gasteiger partial charge in [-0.05, 0) is 43.2 Å². The molecule has 4 heteroatoms. The Hall–Kier alpha value is -2.75. The number of fused-ring (bicyclic) bond motifs is 1. The number of amides is 1. The van der Waals surface area contributed by atoms with Crippen LogP contribution in [0.25, 0.3) is 0 Å². The third-order valence-electron chi connectivity index (χ3n) is 5.28. The van der Waals surface area contributed by atoms with Crippen LogP contribution < -0.4 is 14.8 Å². The minimum atomic E-state index is -0.241. The SMILES string of the molecule is C=CCOc1ccc(C(=O)N[C@H]2CC(CC)(CC)Oc3ccccc32)cc1. The summed E-state index contributed by atoms with van der Waals surface area (Å²) in [5.74, 6) is 1.50. The number of benzene rings is 2. The molecule has 0 aliphatic carbocycles. The average molecular weight is 365 g/mol. The standard InChI is InChI=1S/C23H27NO3/c1-4-15-26-18-13-11-17(12-14-18)22(25)24-20-16-23(5-2,6-3)27-21-10-8-7-9-19(20)21/h4,7-14,20H,1,5-6,15-16H2,2-3H3,(H,24,25)/t20-/m0/s1. The molecule has 4 nitrogen and oxygen atoms in total. The largest absolute Gasteiger partial charge is 0.490 e. The first-order valence-electron chi connectivity index (χ1n) is 9.53. The minimum absolute atomic E-state index is 0.0703. The van der Waals surface area contributed by atoms with Gasteiger partial charge in [0.05, 0.1) is 6.04 Å². The Kier molecular flexibility index (Phi) is 5.84. The molecule has 2 aromatic carbocycles. The summed E-state index contributed by atoms with van der Waals surface area (Å²) in [7, 11) is 0. The van der Waals surface area contributed by atoms with Gasteiger partial charge in [-0.25, -0.2) is 0 Å². The van der Waals surface area contributed by atoms with Crippen LogP contribution in [0.5, 0.6) is 11.5 Å². The summed E-state index contributed by atoms with van der Waals surface area (Å²) in [5, 5.41) is 3.20. The molecule has 0 aromatic heterocycles. The highest BCUT2D eigenvalue weighted by molar-refractivity contribution is 5.94. The van der Waals surface area contributed by atoms with Crippen molar-refractivity contribution in [2.24, 2.45) is 0 Å². The Morgan fingerprint density at radius 2 is 1.93 bits per heavy atom. The van der Waals surface area contributed by atoms with Crippen LogP contribution in [0.3, 0.4) is 0 Å². The molecule has 0 fully saturated rings. The van der Waals surface area contributed by atoms with Crippen molar-refractivity contribution in [2.75, 3.05) is 6.61 Å². The van der Waals surface area contributed by atoms with E-state index in [1.807, 2.05) is 24.3 Å². The second-order valence-electron chi connectivity index (χ2n) is 6.88. The van der Waals surface area contributed by atoms with Crippen LogP contribution in [-0.4, -0.2) is 18.1 Å². The lowest BCUT2D eigenvalue weighted by molar-refractivity contribution is 0.0227. The molecule has 1 aliphatic rings. The molecule has 0 saturated carbocycles. The molecule has 0 radical (unpaired) electrons. The normalized spacial score (nSPS) is 17.3. The maximum Gasteiger partial charge on any atom is 0.251 e. The van der Waals surface area contributed by atoms with Crippen LogP contribution in [0.2, 0.25) is 0 Å². The number of hydrogen-bond donors (Lipinski definition) is 1. The van der Waals surface area contributed by atoms with Crippen molar-refractivity contribution in [3.63, 3.8) is 0 Å². The highest BCUT2D eigenvalue weighted by Gasteiger charge is 2.38. The lowest BCUT2D eigenvalue weighted by Gasteiger charge is -2.41. The zero-order valence-electron chi connectivity index (χ0n) is 16.0. The van der Waals surface area contributed by atoms with E-state index < -0.39 is 0 Å². The van der Waals surface area contributed by atoms with E-state index in [-0.39, 0.29) is 17.6 Å². The summed E-state index contributed by atoms with van der Waals surface area (Å²) in [6, 6.07) is 15.1. The van der Waals surface area contributed by atoms with Crippen molar-refractivity contribution in [2.45, 2.75) is 44.8 Å². The third kappa shape index (κ3) is 4.16. The smallest absolute Gasteiger partial charge is 0.251 e. The predicted molar refractivity (Wildman–Crippen MR) is 107 cm³/mol. The quantitative estimate of drug-likeness (QED) is 0.697. The van der Waals surface area contributed by atoms with Gasteiger partial charge in [0, 0.05) is 17.5 Å². The van der Waals surface area contributed by atoms with E-state index in [0.717, 1.165) is 36.3 Å². The molecule has 0 spiro atoms. The fourth-order valence-corrected chi connectivity index (χ4v) is 3.53. The first kappa shape index (κ1) is 19.0. The highest BCUT2D eigenvalue weighted by atomic mass is 16.5. The molecule has 0 saturated heterocycles. The molecular weight excluding hydrogens is 338 g/mol. The van der Waals surface area contributed by atoms with Crippen LogP contribution >= 0.6 is 0 Å². The summed E-state index contributed by atoms with van der Waals surface area (Å²) >= 11 is 0. The summed E-state index contributed by atoms with van der Waals surface area (Å²) < 4.78 is 11.8. The van der Waals surface area contributed by atoms with E-state index in [0.29, 0.717) is 12.2 Å². The molecule has 27 heavy (non-hydrogen) atoms. The molecule has 0 bridgehead atoms. The fraction of sp³-hybridized carbons (Fsp3) is 0.348. The van der Waals surface area contributed by atoms with Crippen LogP contribution in [0.15, 0.2) is 61.2 Å². The van der Waals surface area contributed by atoms with Crippen molar-refractivity contribution in [1.82, 2.24) is 5.32 Å². The van der Waals surface area contributed by atoms with Crippen molar-refractivity contribution >= 4 is 5.91 Å².